The number of benzene rings is 6. The van der Waals surface area contributed by atoms with E-state index in [-0.39, 0.29) is 0 Å². The van der Waals surface area contributed by atoms with Gasteiger partial charge in [0, 0.05) is 52.0 Å². The molecule has 1 aromatic heterocycles. The summed E-state index contributed by atoms with van der Waals surface area (Å²) in [6.07, 6.45) is 3.31. The van der Waals surface area contributed by atoms with Crippen molar-refractivity contribution in [3.63, 3.8) is 0 Å². The minimum atomic E-state index is -3.17. The number of fused-ring (bicyclic) bond motifs is 3. The van der Waals surface area contributed by atoms with Gasteiger partial charge in [0.15, 0.2) is 14.3 Å². The van der Waals surface area contributed by atoms with Gasteiger partial charge in [-0.1, -0.05) is 129 Å². The van der Waals surface area contributed by atoms with Crippen LogP contribution in [0.4, 0.5) is 0 Å². The molecule has 1 heterocycles. The first-order valence-corrected chi connectivity index (χ1v) is 19.7. The van der Waals surface area contributed by atoms with Gasteiger partial charge in [-0.25, -0.2) is 0 Å². The maximum absolute atomic E-state index is 15.4. The van der Waals surface area contributed by atoms with Crippen molar-refractivity contribution in [2.45, 2.75) is 26.2 Å². The van der Waals surface area contributed by atoms with E-state index in [1.807, 2.05) is 103 Å². The topological polar surface area (TPSA) is 34.1 Å². The molecule has 0 aliphatic carbocycles. The SMILES string of the molecule is CCCCc1ccc(P(=O)(c2ccccc2)c2ccc3sc4ccc(P(=O)(c5ccccc5)c5ccccc5)cc4c3c2)cc1. The number of aryl methyl sites for hydroxylation is 1. The molecule has 0 N–H and O–H groups in total. The first-order valence-electron chi connectivity index (χ1n) is 15.5. The molecular weight excluding hydrogens is 606 g/mol. The van der Waals surface area contributed by atoms with Crippen molar-refractivity contribution >= 4 is 77.6 Å². The second-order valence-electron chi connectivity index (χ2n) is 11.5. The molecule has 0 amide bonds. The Morgan fingerprint density at radius 1 is 0.467 bits per heavy atom. The van der Waals surface area contributed by atoms with Crippen LogP contribution in [0.25, 0.3) is 20.2 Å². The molecule has 1 atom stereocenters. The van der Waals surface area contributed by atoms with E-state index in [4.69, 9.17) is 0 Å². The lowest BCUT2D eigenvalue weighted by Gasteiger charge is -2.21. The molecule has 6 aromatic carbocycles. The quantitative estimate of drug-likeness (QED) is 0.148. The van der Waals surface area contributed by atoms with Crippen LogP contribution in [0, 0.1) is 0 Å². The molecule has 7 aromatic rings. The summed E-state index contributed by atoms with van der Waals surface area (Å²) >= 11 is 1.71. The van der Waals surface area contributed by atoms with Crippen LogP contribution in [-0.2, 0) is 15.6 Å². The molecule has 0 spiro atoms. The maximum Gasteiger partial charge on any atom is 0.171 e. The molecule has 7 rings (SSSR count). The van der Waals surface area contributed by atoms with Gasteiger partial charge in [0.25, 0.3) is 0 Å². The number of hydrogen-bond acceptors (Lipinski definition) is 3. The number of hydrogen-bond donors (Lipinski definition) is 0. The van der Waals surface area contributed by atoms with E-state index in [9.17, 15) is 0 Å². The maximum atomic E-state index is 15.4. The average molecular weight is 641 g/mol. The van der Waals surface area contributed by atoms with Gasteiger partial charge in [0.05, 0.1) is 0 Å². The lowest BCUT2D eigenvalue weighted by molar-refractivity contribution is 0.591. The highest BCUT2D eigenvalue weighted by Crippen LogP contribution is 2.46. The van der Waals surface area contributed by atoms with Gasteiger partial charge in [-0.2, -0.15) is 0 Å². The molecule has 2 nitrogen and oxygen atoms in total. The predicted molar refractivity (Wildman–Crippen MR) is 197 cm³/mol. The third-order valence-corrected chi connectivity index (χ3v) is 15.9. The van der Waals surface area contributed by atoms with Gasteiger partial charge in [-0.05, 0) is 54.8 Å². The first kappa shape index (κ1) is 29.7. The Bertz CT molecular complexity index is 2150. The van der Waals surface area contributed by atoms with Crippen LogP contribution in [0.3, 0.4) is 0 Å². The Hall–Kier alpha value is -4.00. The number of unbranched alkanes of at least 4 members (excludes halogenated alkanes) is 1. The van der Waals surface area contributed by atoms with E-state index in [1.54, 1.807) is 11.3 Å². The molecule has 5 heteroatoms. The standard InChI is InChI=1S/C40H34O2P2S/c1-2-3-13-30-20-22-34(23-21-30)44(42,33-18-11-6-12-19-33)36-25-27-40-38(29-36)37-28-35(24-26-39(37)45-40)43(41,31-14-7-4-8-15-31)32-16-9-5-10-17-32/h4-12,14-29H,2-3,13H2,1H3. The van der Waals surface area contributed by atoms with Crippen LogP contribution in [0.2, 0.25) is 0 Å². The highest BCUT2D eigenvalue weighted by atomic mass is 32.1. The zero-order chi connectivity index (χ0) is 30.9. The van der Waals surface area contributed by atoms with Crippen LogP contribution in [0.1, 0.15) is 25.3 Å². The minimum Gasteiger partial charge on any atom is -0.309 e. The van der Waals surface area contributed by atoms with E-state index in [2.05, 4.69) is 55.5 Å². The Balaban J connectivity index is 1.42. The molecule has 0 aliphatic heterocycles. The molecule has 0 aliphatic rings. The largest absolute Gasteiger partial charge is 0.309 e. The smallest absolute Gasteiger partial charge is 0.171 e. The van der Waals surface area contributed by atoms with Gasteiger partial charge in [-0.15, -0.1) is 11.3 Å². The van der Waals surface area contributed by atoms with Crippen molar-refractivity contribution in [3.8, 4) is 0 Å². The molecule has 0 fully saturated rings. The van der Waals surface area contributed by atoms with E-state index in [0.29, 0.717) is 0 Å². The Morgan fingerprint density at radius 2 is 0.844 bits per heavy atom. The van der Waals surface area contributed by atoms with Gasteiger partial charge >= 0.3 is 0 Å². The molecule has 45 heavy (non-hydrogen) atoms. The Labute approximate surface area is 269 Å². The molecular formula is C40H34O2P2S. The fourth-order valence-electron chi connectivity index (χ4n) is 6.21. The summed E-state index contributed by atoms with van der Waals surface area (Å²) in [6, 6.07) is 50.3. The molecule has 1 unspecified atom stereocenters. The van der Waals surface area contributed by atoms with Crippen LogP contribution in [0.15, 0.2) is 152 Å². The summed E-state index contributed by atoms with van der Waals surface area (Å²) in [4.78, 5) is 0. The van der Waals surface area contributed by atoms with E-state index < -0.39 is 14.3 Å². The van der Waals surface area contributed by atoms with Crippen molar-refractivity contribution < 1.29 is 9.13 Å². The van der Waals surface area contributed by atoms with Crippen LogP contribution in [-0.4, -0.2) is 0 Å². The third-order valence-electron chi connectivity index (χ3n) is 8.64. The second kappa shape index (κ2) is 12.4. The Morgan fingerprint density at radius 3 is 1.24 bits per heavy atom. The summed E-state index contributed by atoms with van der Waals surface area (Å²) in [5, 5.41) is 6.97. The first-order chi connectivity index (χ1) is 22.0. The van der Waals surface area contributed by atoms with Crippen molar-refractivity contribution in [3.05, 3.63) is 157 Å². The summed E-state index contributed by atoms with van der Waals surface area (Å²) in [5.41, 5.74) is 1.27. The van der Waals surface area contributed by atoms with Crippen molar-refractivity contribution in [1.82, 2.24) is 0 Å². The van der Waals surface area contributed by atoms with Gasteiger partial charge in [0.1, 0.15) is 0 Å². The molecule has 0 radical (unpaired) electrons. The fraction of sp³-hybridized carbons (Fsp3) is 0.100. The normalized spacial score (nSPS) is 13.2. The monoisotopic (exact) mass is 640 g/mol. The molecule has 0 bridgehead atoms. The average Bonchev–Trinajstić information content (AvgIpc) is 3.49. The number of thiophene rings is 1. The fourth-order valence-corrected chi connectivity index (χ4v) is 12.6. The predicted octanol–water partition coefficient (Wildman–Crippen LogP) is 8.68. The zero-order valence-electron chi connectivity index (χ0n) is 25.2. The van der Waals surface area contributed by atoms with Crippen LogP contribution >= 0.6 is 25.6 Å². The van der Waals surface area contributed by atoms with E-state index in [0.717, 1.165) is 71.3 Å². The lowest BCUT2D eigenvalue weighted by atomic mass is 10.1. The summed E-state index contributed by atoms with van der Waals surface area (Å²) in [7, 11) is -6.31. The highest BCUT2D eigenvalue weighted by molar-refractivity contribution is 7.85. The summed E-state index contributed by atoms with van der Waals surface area (Å²) in [5.74, 6) is 0. The second-order valence-corrected chi connectivity index (χ2v) is 18.1. The van der Waals surface area contributed by atoms with Crippen LogP contribution in [0.5, 0.6) is 0 Å². The van der Waals surface area contributed by atoms with Crippen LogP contribution < -0.4 is 31.8 Å². The minimum absolute atomic E-state index is 0.798. The van der Waals surface area contributed by atoms with E-state index >= 15 is 9.13 Å². The lowest BCUT2D eigenvalue weighted by Crippen LogP contribution is -2.25. The van der Waals surface area contributed by atoms with E-state index in [1.165, 1.54) is 5.56 Å². The molecule has 222 valence electrons. The van der Waals surface area contributed by atoms with Crippen molar-refractivity contribution in [2.75, 3.05) is 0 Å². The third kappa shape index (κ3) is 5.34. The van der Waals surface area contributed by atoms with Gasteiger partial charge in [-0.3, -0.25) is 0 Å². The highest BCUT2D eigenvalue weighted by Gasteiger charge is 2.32. The Kier molecular flexibility index (Phi) is 8.19. The van der Waals surface area contributed by atoms with Crippen molar-refractivity contribution in [1.29, 1.82) is 0 Å². The van der Waals surface area contributed by atoms with Gasteiger partial charge in [0.2, 0.25) is 0 Å². The number of rotatable bonds is 9. The summed E-state index contributed by atoms with van der Waals surface area (Å²) < 4.78 is 32.8. The molecule has 0 saturated carbocycles. The van der Waals surface area contributed by atoms with Gasteiger partial charge < -0.3 is 9.13 Å². The summed E-state index contributed by atoms with van der Waals surface area (Å²) in [6.45, 7) is 2.20. The van der Waals surface area contributed by atoms with Crippen molar-refractivity contribution in [2.24, 2.45) is 0 Å². The molecule has 0 saturated heterocycles. The zero-order valence-corrected chi connectivity index (χ0v) is 27.8.